The smallest absolute Gasteiger partial charge is 0.328 e. The van der Waals surface area contributed by atoms with E-state index in [0.29, 0.717) is 6.42 Å². The van der Waals surface area contributed by atoms with E-state index in [9.17, 15) is 14.4 Å². The fraction of sp³-hybridized carbons (Fsp3) is 0.444. The Kier molecular flexibility index (Phi) is 6.71. The molecule has 140 valence electrons. The standard InChI is InChI=1S/C18H24N4O4/c1-12(2)8-14(18(25)26-3)21-16(23)10-19-17(24)11-22-15-7-5-4-6-13(15)9-20-22/h4-7,9,12,14H,8,10-11H2,1-3H3,(H,19,24)(H,21,23). The van der Waals surface area contributed by atoms with E-state index in [0.717, 1.165) is 10.9 Å². The first-order chi connectivity index (χ1) is 12.4. The van der Waals surface area contributed by atoms with Gasteiger partial charge in [-0.2, -0.15) is 5.10 Å². The first-order valence-electron chi connectivity index (χ1n) is 8.45. The van der Waals surface area contributed by atoms with Crippen molar-refractivity contribution in [2.75, 3.05) is 13.7 Å². The van der Waals surface area contributed by atoms with Crippen LogP contribution in [-0.4, -0.2) is 47.3 Å². The lowest BCUT2D eigenvalue weighted by molar-refractivity contribution is -0.145. The third-order valence-corrected chi connectivity index (χ3v) is 3.82. The Morgan fingerprint density at radius 1 is 1.19 bits per heavy atom. The zero-order valence-corrected chi connectivity index (χ0v) is 15.2. The Morgan fingerprint density at radius 2 is 1.92 bits per heavy atom. The van der Waals surface area contributed by atoms with Gasteiger partial charge in [-0.25, -0.2) is 4.79 Å². The zero-order valence-electron chi connectivity index (χ0n) is 15.2. The first kappa shape index (κ1) is 19.4. The number of nitrogens with one attached hydrogen (secondary N) is 2. The number of methoxy groups -OCH3 is 1. The highest BCUT2D eigenvalue weighted by atomic mass is 16.5. The highest BCUT2D eigenvalue weighted by Crippen LogP contribution is 2.12. The topological polar surface area (TPSA) is 102 Å². The van der Waals surface area contributed by atoms with Crippen molar-refractivity contribution in [2.45, 2.75) is 32.9 Å². The van der Waals surface area contributed by atoms with Gasteiger partial charge in [-0.1, -0.05) is 32.0 Å². The molecule has 8 heteroatoms. The number of para-hydroxylation sites is 1. The van der Waals surface area contributed by atoms with E-state index in [2.05, 4.69) is 15.7 Å². The minimum atomic E-state index is -0.723. The molecule has 0 aliphatic carbocycles. The Hall–Kier alpha value is -2.90. The van der Waals surface area contributed by atoms with Crippen LogP contribution in [0.15, 0.2) is 30.5 Å². The third kappa shape index (κ3) is 5.30. The van der Waals surface area contributed by atoms with Crippen LogP contribution in [0.4, 0.5) is 0 Å². The predicted molar refractivity (Wildman–Crippen MR) is 96.1 cm³/mol. The SMILES string of the molecule is COC(=O)C(CC(C)C)NC(=O)CNC(=O)Cn1ncc2ccccc21. The van der Waals surface area contributed by atoms with Crippen LogP contribution >= 0.6 is 0 Å². The van der Waals surface area contributed by atoms with Crippen molar-refractivity contribution >= 4 is 28.7 Å². The summed E-state index contributed by atoms with van der Waals surface area (Å²) in [5.74, 6) is -1.07. The predicted octanol–water partition coefficient (Wildman–Crippen LogP) is 0.856. The molecule has 1 aromatic carbocycles. The third-order valence-electron chi connectivity index (χ3n) is 3.82. The van der Waals surface area contributed by atoms with E-state index in [1.807, 2.05) is 38.1 Å². The minimum Gasteiger partial charge on any atom is -0.467 e. The average Bonchev–Trinajstić information content (AvgIpc) is 3.01. The lowest BCUT2D eigenvalue weighted by atomic mass is 10.0. The Balaban J connectivity index is 1.86. The second-order valence-electron chi connectivity index (χ2n) is 6.41. The first-order valence-corrected chi connectivity index (χ1v) is 8.45. The maximum absolute atomic E-state index is 12.1. The molecule has 2 aromatic rings. The van der Waals surface area contributed by atoms with Crippen LogP contribution in [0.1, 0.15) is 20.3 Å². The van der Waals surface area contributed by atoms with Crippen LogP contribution in [0, 0.1) is 5.92 Å². The molecule has 0 fully saturated rings. The molecule has 0 bridgehead atoms. The van der Waals surface area contributed by atoms with Crippen LogP contribution in [0.25, 0.3) is 10.9 Å². The molecule has 0 radical (unpaired) electrons. The Morgan fingerprint density at radius 3 is 2.62 bits per heavy atom. The molecule has 1 aromatic heterocycles. The highest BCUT2D eigenvalue weighted by molar-refractivity contribution is 5.88. The van der Waals surface area contributed by atoms with E-state index < -0.39 is 17.9 Å². The van der Waals surface area contributed by atoms with Crippen molar-refractivity contribution in [2.24, 2.45) is 5.92 Å². The van der Waals surface area contributed by atoms with Crippen molar-refractivity contribution < 1.29 is 19.1 Å². The molecule has 0 aliphatic rings. The number of esters is 1. The van der Waals surface area contributed by atoms with Gasteiger partial charge in [0.1, 0.15) is 12.6 Å². The van der Waals surface area contributed by atoms with Crippen LogP contribution in [0.2, 0.25) is 0 Å². The summed E-state index contributed by atoms with van der Waals surface area (Å²) in [6, 6.07) is 6.82. The van der Waals surface area contributed by atoms with Gasteiger partial charge in [0.25, 0.3) is 0 Å². The van der Waals surface area contributed by atoms with Crippen molar-refractivity contribution in [3.8, 4) is 0 Å². The van der Waals surface area contributed by atoms with Gasteiger partial charge >= 0.3 is 5.97 Å². The van der Waals surface area contributed by atoms with Gasteiger partial charge in [-0.05, 0) is 18.4 Å². The monoisotopic (exact) mass is 360 g/mol. The number of nitrogens with zero attached hydrogens (tertiary/aromatic N) is 2. The Labute approximate surface area is 151 Å². The maximum Gasteiger partial charge on any atom is 0.328 e. The van der Waals surface area contributed by atoms with Crippen LogP contribution in [-0.2, 0) is 25.7 Å². The number of rotatable bonds is 8. The fourth-order valence-corrected chi connectivity index (χ4v) is 2.60. The van der Waals surface area contributed by atoms with Gasteiger partial charge in [-0.3, -0.25) is 14.3 Å². The fourth-order valence-electron chi connectivity index (χ4n) is 2.60. The number of hydrogen-bond donors (Lipinski definition) is 2. The molecular formula is C18H24N4O4. The molecule has 1 unspecified atom stereocenters. The number of ether oxygens (including phenoxy) is 1. The minimum absolute atomic E-state index is 0.00716. The number of hydrogen-bond acceptors (Lipinski definition) is 5. The highest BCUT2D eigenvalue weighted by Gasteiger charge is 2.22. The molecule has 8 nitrogen and oxygen atoms in total. The Bertz CT molecular complexity index is 784. The van der Waals surface area contributed by atoms with Crippen LogP contribution in [0.3, 0.4) is 0 Å². The summed E-state index contributed by atoms with van der Waals surface area (Å²) in [6.07, 6.45) is 2.15. The zero-order chi connectivity index (χ0) is 19.1. The molecular weight excluding hydrogens is 336 g/mol. The normalized spacial score (nSPS) is 12.0. The van der Waals surface area contributed by atoms with Crippen molar-refractivity contribution in [1.82, 2.24) is 20.4 Å². The number of benzene rings is 1. The van der Waals surface area contributed by atoms with Crippen molar-refractivity contribution in [1.29, 1.82) is 0 Å². The summed E-state index contributed by atoms with van der Waals surface area (Å²) >= 11 is 0. The number of fused-ring (bicyclic) bond motifs is 1. The lowest BCUT2D eigenvalue weighted by Crippen LogP contribution is -2.46. The quantitative estimate of drug-likeness (QED) is 0.680. The molecule has 1 atom stereocenters. The van der Waals surface area contributed by atoms with E-state index in [1.165, 1.54) is 7.11 Å². The molecule has 0 saturated heterocycles. The largest absolute Gasteiger partial charge is 0.467 e. The second-order valence-corrected chi connectivity index (χ2v) is 6.41. The van der Waals surface area contributed by atoms with Gasteiger partial charge in [0.05, 0.1) is 25.4 Å². The molecule has 2 amide bonds. The van der Waals surface area contributed by atoms with Gasteiger partial charge in [0.15, 0.2) is 0 Å². The number of carbonyl (C=O) groups excluding carboxylic acids is 3. The van der Waals surface area contributed by atoms with Crippen LogP contribution < -0.4 is 10.6 Å². The number of amides is 2. The molecule has 0 saturated carbocycles. The van der Waals surface area contributed by atoms with Gasteiger partial charge in [-0.15, -0.1) is 0 Å². The summed E-state index contributed by atoms with van der Waals surface area (Å²) < 4.78 is 6.27. The summed E-state index contributed by atoms with van der Waals surface area (Å²) in [4.78, 5) is 35.8. The van der Waals surface area contributed by atoms with Crippen LogP contribution in [0.5, 0.6) is 0 Å². The van der Waals surface area contributed by atoms with E-state index in [-0.39, 0.29) is 24.9 Å². The second kappa shape index (κ2) is 8.98. The maximum atomic E-state index is 12.1. The molecule has 1 heterocycles. The van der Waals surface area contributed by atoms with E-state index in [4.69, 9.17) is 4.74 Å². The summed E-state index contributed by atoms with van der Waals surface area (Å²) in [7, 11) is 1.28. The molecule has 0 spiro atoms. The molecule has 2 rings (SSSR count). The van der Waals surface area contributed by atoms with Gasteiger partial charge in [0.2, 0.25) is 11.8 Å². The summed E-state index contributed by atoms with van der Waals surface area (Å²) in [5.41, 5.74) is 0.842. The molecule has 2 N–H and O–H groups in total. The number of carbonyl (C=O) groups is 3. The molecule has 0 aliphatic heterocycles. The van der Waals surface area contributed by atoms with E-state index in [1.54, 1.807) is 10.9 Å². The van der Waals surface area contributed by atoms with Gasteiger partial charge in [0, 0.05) is 5.39 Å². The van der Waals surface area contributed by atoms with Crippen molar-refractivity contribution in [3.63, 3.8) is 0 Å². The summed E-state index contributed by atoms with van der Waals surface area (Å²) in [5, 5.41) is 10.2. The summed E-state index contributed by atoms with van der Waals surface area (Å²) in [6.45, 7) is 3.67. The lowest BCUT2D eigenvalue weighted by Gasteiger charge is -2.18. The van der Waals surface area contributed by atoms with Gasteiger partial charge < -0.3 is 15.4 Å². The number of aromatic nitrogens is 2. The molecule has 26 heavy (non-hydrogen) atoms. The average molecular weight is 360 g/mol. The van der Waals surface area contributed by atoms with Crippen molar-refractivity contribution in [3.05, 3.63) is 30.5 Å². The van der Waals surface area contributed by atoms with E-state index >= 15 is 0 Å².